The van der Waals surface area contributed by atoms with E-state index < -0.39 is 0 Å². The van der Waals surface area contributed by atoms with Crippen LogP contribution in [0, 0.1) is 0 Å². The second-order valence-corrected chi connectivity index (χ2v) is 6.34. The summed E-state index contributed by atoms with van der Waals surface area (Å²) >= 11 is 0. The number of aromatic amines is 1. The highest BCUT2D eigenvalue weighted by atomic mass is 16.3. The Labute approximate surface area is 154 Å². The first kappa shape index (κ1) is 15.4. The van der Waals surface area contributed by atoms with E-state index in [0.29, 0.717) is 5.95 Å². The molecule has 0 spiro atoms. The molecule has 0 saturated heterocycles. The normalized spacial score (nSPS) is 11.3. The highest BCUT2D eigenvalue weighted by molar-refractivity contribution is 5.82. The van der Waals surface area contributed by atoms with Gasteiger partial charge in [0.05, 0.1) is 17.4 Å². The topological polar surface area (TPSA) is 82.3 Å². The number of nitrogens with zero attached hydrogens (tertiary/aromatic N) is 5. The molecule has 0 aliphatic heterocycles. The molecule has 0 atom stereocenters. The molecule has 0 aliphatic rings. The van der Waals surface area contributed by atoms with Crippen molar-refractivity contribution < 1.29 is 5.11 Å². The van der Waals surface area contributed by atoms with Gasteiger partial charge in [0.15, 0.2) is 5.65 Å². The molecule has 132 valence electrons. The summed E-state index contributed by atoms with van der Waals surface area (Å²) in [5.74, 6) is 0.802. The van der Waals surface area contributed by atoms with Gasteiger partial charge in [-0.2, -0.15) is 10.1 Å². The van der Waals surface area contributed by atoms with Gasteiger partial charge in [0.2, 0.25) is 5.95 Å². The number of phenols is 1. The number of H-pyrrole nitrogens is 1. The maximum Gasteiger partial charge on any atom is 0.249 e. The van der Waals surface area contributed by atoms with Crippen LogP contribution in [-0.2, 0) is 0 Å². The standard InChI is InChI=1S/C20H16N6O/c1-25(15-9-8-14-12-21-23-17(14)11-15)20-22-19-7-3-6-18(26(19)24-20)13-4-2-5-16(27)10-13/h2-12,27H,1H3,(H,21,23). The van der Waals surface area contributed by atoms with E-state index in [-0.39, 0.29) is 5.75 Å². The quantitative estimate of drug-likeness (QED) is 0.514. The number of hydrogen-bond acceptors (Lipinski definition) is 5. The third-order valence-corrected chi connectivity index (χ3v) is 4.60. The summed E-state index contributed by atoms with van der Waals surface area (Å²) < 4.78 is 1.79. The number of nitrogens with one attached hydrogen (secondary N) is 1. The summed E-state index contributed by atoms with van der Waals surface area (Å²) in [6, 6.07) is 19.0. The first-order valence-electron chi connectivity index (χ1n) is 8.51. The molecular formula is C20H16N6O. The third kappa shape index (κ3) is 2.56. The molecule has 27 heavy (non-hydrogen) atoms. The second kappa shape index (κ2) is 5.84. The lowest BCUT2D eigenvalue weighted by Crippen LogP contribution is -2.11. The molecule has 0 unspecified atom stereocenters. The molecule has 7 nitrogen and oxygen atoms in total. The Balaban J connectivity index is 1.61. The van der Waals surface area contributed by atoms with Crippen LogP contribution in [0.15, 0.2) is 66.9 Å². The molecule has 5 rings (SSSR count). The lowest BCUT2D eigenvalue weighted by atomic mass is 10.1. The fourth-order valence-electron chi connectivity index (χ4n) is 3.17. The zero-order valence-electron chi connectivity index (χ0n) is 14.5. The van der Waals surface area contributed by atoms with E-state index in [0.717, 1.165) is 33.5 Å². The number of anilines is 2. The summed E-state index contributed by atoms with van der Waals surface area (Å²) in [5, 5.41) is 22.6. The van der Waals surface area contributed by atoms with Crippen LogP contribution in [-0.4, -0.2) is 36.9 Å². The third-order valence-electron chi connectivity index (χ3n) is 4.60. The summed E-state index contributed by atoms with van der Waals surface area (Å²) in [6.45, 7) is 0. The molecule has 2 aromatic carbocycles. The van der Waals surface area contributed by atoms with E-state index in [1.54, 1.807) is 22.8 Å². The lowest BCUT2D eigenvalue weighted by molar-refractivity contribution is 0.475. The van der Waals surface area contributed by atoms with Gasteiger partial charge in [-0.05, 0) is 42.5 Å². The van der Waals surface area contributed by atoms with Gasteiger partial charge in [0.1, 0.15) is 5.75 Å². The van der Waals surface area contributed by atoms with Crippen LogP contribution in [0.1, 0.15) is 0 Å². The van der Waals surface area contributed by atoms with Crippen LogP contribution in [0.25, 0.3) is 27.8 Å². The number of hydrogen-bond donors (Lipinski definition) is 2. The number of benzene rings is 2. The van der Waals surface area contributed by atoms with E-state index in [1.165, 1.54) is 0 Å². The van der Waals surface area contributed by atoms with E-state index in [1.807, 2.05) is 60.5 Å². The molecule has 3 heterocycles. The Bertz CT molecular complexity index is 1270. The van der Waals surface area contributed by atoms with Crippen molar-refractivity contribution in [3.63, 3.8) is 0 Å². The predicted octanol–water partition coefficient (Wildman–Crippen LogP) is 3.75. The molecule has 7 heteroatoms. The number of aromatic nitrogens is 5. The predicted molar refractivity (Wildman–Crippen MR) is 104 cm³/mol. The maximum atomic E-state index is 9.80. The van der Waals surface area contributed by atoms with Gasteiger partial charge in [0.25, 0.3) is 0 Å². The first-order valence-corrected chi connectivity index (χ1v) is 8.51. The van der Waals surface area contributed by atoms with Crippen LogP contribution in [0.4, 0.5) is 11.6 Å². The number of rotatable bonds is 3. The molecule has 0 fully saturated rings. The van der Waals surface area contributed by atoms with Crippen LogP contribution in [0.2, 0.25) is 0 Å². The molecule has 0 bridgehead atoms. The summed E-state index contributed by atoms with van der Waals surface area (Å²) in [5.41, 5.74) is 4.39. The van der Waals surface area contributed by atoms with E-state index in [9.17, 15) is 5.11 Å². The lowest BCUT2D eigenvalue weighted by Gasteiger charge is -2.14. The maximum absolute atomic E-state index is 9.80. The summed E-state index contributed by atoms with van der Waals surface area (Å²) in [4.78, 5) is 6.58. The van der Waals surface area contributed by atoms with Gasteiger partial charge in [-0.1, -0.05) is 18.2 Å². The summed E-state index contributed by atoms with van der Waals surface area (Å²) in [6.07, 6.45) is 1.80. The van der Waals surface area contributed by atoms with E-state index in [4.69, 9.17) is 0 Å². The van der Waals surface area contributed by atoms with Gasteiger partial charge in [-0.3, -0.25) is 5.10 Å². The highest BCUT2D eigenvalue weighted by Gasteiger charge is 2.14. The molecule has 0 amide bonds. The minimum atomic E-state index is 0.217. The minimum Gasteiger partial charge on any atom is -0.508 e. The first-order chi connectivity index (χ1) is 13.2. The fourth-order valence-corrected chi connectivity index (χ4v) is 3.17. The Morgan fingerprint density at radius 2 is 1.93 bits per heavy atom. The largest absolute Gasteiger partial charge is 0.508 e. The SMILES string of the molecule is CN(c1ccc2cn[nH]c2c1)c1nc2cccc(-c3cccc(O)c3)n2n1. The minimum absolute atomic E-state index is 0.217. The van der Waals surface area contributed by atoms with Crippen molar-refractivity contribution >= 4 is 28.2 Å². The van der Waals surface area contributed by atoms with Crippen molar-refractivity contribution in [3.8, 4) is 17.0 Å². The molecule has 3 aromatic heterocycles. The van der Waals surface area contributed by atoms with Crippen molar-refractivity contribution in [2.24, 2.45) is 0 Å². The Morgan fingerprint density at radius 1 is 1.04 bits per heavy atom. The smallest absolute Gasteiger partial charge is 0.249 e. The molecule has 2 N–H and O–H groups in total. The summed E-state index contributed by atoms with van der Waals surface area (Å²) in [7, 11) is 1.93. The average Bonchev–Trinajstić information content (AvgIpc) is 3.33. The van der Waals surface area contributed by atoms with Crippen LogP contribution in [0.3, 0.4) is 0 Å². The number of fused-ring (bicyclic) bond motifs is 2. The molecule has 0 radical (unpaired) electrons. The van der Waals surface area contributed by atoms with Crippen LogP contribution in [0.5, 0.6) is 5.75 Å². The van der Waals surface area contributed by atoms with Gasteiger partial charge >= 0.3 is 0 Å². The van der Waals surface area contributed by atoms with Crippen molar-refractivity contribution in [3.05, 3.63) is 66.9 Å². The Morgan fingerprint density at radius 3 is 2.81 bits per heavy atom. The van der Waals surface area contributed by atoms with Crippen LogP contribution < -0.4 is 4.90 Å². The van der Waals surface area contributed by atoms with Gasteiger partial charge in [-0.15, -0.1) is 5.10 Å². The highest BCUT2D eigenvalue weighted by Crippen LogP contribution is 2.27. The van der Waals surface area contributed by atoms with Crippen molar-refractivity contribution in [2.75, 3.05) is 11.9 Å². The number of phenolic OH excluding ortho intramolecular Hbond substituents is 1. The average molecular weight is 356 g/mol. The zero-order valence-corrected chi connectivity index (χ0v) is 14.5. The van der Waals surface area contributed by atoms with Gasteiger partial charge < -0.3 is 10.0 Å². The van der Waals surface area contributed by atoms with Gasteiger partial charge in [0, 0.05) is 23.7 Å². The number of pyridine rings is 1. The second-order valence-electron chi connectivity index (χ2n) is 6.34. The molecule has 0 saturated carbocycles. The zero-order chi connectivity index (χ0) is 18.4. The van der Waals surface area contributed by atoms with Crippen molar-refractivity contribution in [2.45, 2.75) is 0 Å². The fraction of sp³-hybridized carbons (Fsp3) is 0.0500. The van der Waals surface area contributed by atoms with Crippen molar-refractivity contribution in [1.82, 2.24) is 24.8 Å². The monoisotopic (exact) mass is 356 g/mol. The van der Waals surface area contributed by atoms with E-state index >= 15 is 0 Å². The van der Waals surface area contributed by atoms with Crippen molar-refractivity contribution in [1.29, 1.82) is 0 Å². The Hall–Kier alpha value is -3.87. The molecule has 0 aliphatic carbocycles. The molecular weight excluding hydrogens is 340 g/mol. The van der Waals surface area contributed by atoms with Crippen LogP contribution >= 0.6 is 0 Å². The molecule has 5 aromatic rings. The van der Waals surface area contributed by atoms with Gasteiger partial charge in [-0.25, -0.2) is 4.52 Å². The van der Waals surface area contributed by atoms with E-state index in [2.05, 4.69) is 20.3 Å². The Kier molecular flexibility index (Phi) is 3.33. The number of aromatic hydroxyl groups is 1.